The van der Waals surface area contributed by atoms with Gasteiger partial charge < -0.3 is 14.9 Å². The number of carbonyl (C=O) groups excluding carboxylic acids is 2. The first-order chi connectivity index (χ1) is 12.0. The normalized spacial score (nSPS) is 10.8. The molecule has 0 fully saturated rings. The number of hydrogen-bond acceptors (Lipinski definition) is 5. The number of ether oxygens (including phenoxy) is 1. The third kappa shape index (κ3) is 5.80. The molecule has 0 bridgehead atoms. The fraction of sp³-hybridized carbons (Fsp3) is 0.200. The summed E-state index contributed by atoms with van der Waals surface area (Å²) >= 11 is 0. The summed E-state index contributed by atoms with van der Waals surface area (Å²) in [6.45, 7) is 0. The zero-order valence-corrected chi connectivity index (χ0v) is 13.9. The van der Waals surface area contributed by atoms with Crippen LogP contribution in [0.1, 0.15) is 24.0 Å². The fourth-order valence-corrected chi connectivity index (χ4v) is 2.28. The summed E-state index contributed by atoms with van der Waals surface area (Å²) in [6.07, 6.45) is 3.59. The van der Waals surface area contributed by atoms with E-state index in [2.05, 4.69) is 0 Å². The molecule has 0 radical (unpaired) electrons. The number of methoxy groups -OCH3 is 1. The molecule has 0 heterocycles. The Morgan fingerprint density at radius 1 is 1.08 bits per heavy atom. The third-order valence-corrected chi connectivity index (χ3v) is 3.67. The predicted molar refractivity (Wildman–Crippen MR) is 94.8 cm³/mol. The van der Waals surface area contributed by atoms with Crippen molar-refractivity contribution in [2.45, 2.75) is 19.3 Å². The summed E-state index contributed by atoms with van der Waals surface area (Å²) in [7, 11) is 1.44. The molecule has 5 nitrogen and oxygen atoms in total. The predicted octanol–water partition coefficient (Wildman–Crippen LogP) is 3.28. The van der Waals surface area contributed by atoms with Gasteiger partial charge in [0, 0.05) is 6.42 Å². The maximum absolute atomic E-state index is 11.9. The highest BCUT2D eigenvalue weighted by atomic mass is 16.5. The number of carbonyl (C=O) groups is 2. The topological polar surface area (TPSA) is 83.8 Å². The lowest BCUT2D eigenvalue weighted by Crippen LogP contribution is -2.06. The van der Waals surface area contributed by atoms with E-state index in [0.717, 1.165) is 5.56 Å². The molecule has 0 saturated carbocycles. The lowest BCUT2D eigenvalue weighted by molar-refractivity contribution is -0.124. The number of Topliss-reactive ketones (excluding diaryl/α,β-unsaturated/α-hetero) is 1. The van der Waals surface area contributed by atoms with Crippen molar-refractivity contribution in [2.24, 2.45) is 0 Å². The number of hydrogen-bond donors (Lipinski definition) is 2. The summed E-state index contributed by atoms with van der Waals surface area (Å²) in [5, 5.41) is 18.7. The van der Waals surface area contributed by atoms with Crippen LogP contribution < -0.4 is 4.74 Å². The van der Waals surface area contributed by atoms with Gasteiger partial charge in [0.25, 0.3) is 0 Å². The van der Waals surface area contributed by atoms with Gasteiger partial charge in [0.05, 0.1) is 13.5 Å². The Balaban J connectivity index is 1.84. The molecule has 2 rings (SSSR count). The number of aromatic hydroxyl groups is 2. The number of allylic oxidation sites excluding steroid dienone is 1. The van der Waals surface area contributed by atoms with Gasteiger partial charge in [-0.2, -0.15) is 0 Å². The van der Waals surface area contributed by atoms with E-state index >= 15 is 0 Å². The summed E-state index contributed by atoms with van der Waals surface area (Å²) < 4.78 is 5.00. The first kappa shape index (κ1) is 18.3. The van der Waals surface area contributed by atoms with Crippen molar-refractivity contribution in [1.29, 1.82) is 0 Å². The minimum atomic E-state index is -0.275. The van der Waals surface area contributed by atoms with Crippen molar-refractivity contribution in [3.63, 3.8) is 0 Å². The van der Waals surface area contributed by atoms with E-state index in [1.165, 1.54) is 19.3 Å². The molecule has 0 aliphatic heterocycles. The van der Waals surface area contributed by atoms with E-state index in [1.54, 1.807) is 42.5 Å². The van der Waals surface area contributed by atoms with E-state index < -0.39 is 0 Å². The molecule has 2 aromatic carbocycles. The van der Waals surface area contributed by atoms with E-state index in [-0.39, 0.29) is 35.9 Å². The van der Waals surface area contributed by atoms with Crippen LogP contribution in [0.25, 0.3) is 6.08 Å². The van der Waals surface area contributed by atoms with E-state index in [0.29, 0.717) is 17.7 Å². The first-order valence-corrected chi connectivity index (χ1v) is 7.85. The van der Waals surface area contributed by atoms with Crippen LogP contribution in [-0.4, -0.2) is 28.9 Å². The van der Waals surface area contributed by atoms with Crippen molar-refractivity contribution in [1.82, 2.24) is 0 Å². The number of rotatable bonds is 8. The van der Waals surface area contributed by atoms with Crippen LogP contribution in [0, 0.1) is 0 Å². The molecule has 130 valence electrons. The highest BCUT2D eigenvalue weighted by Crippen LogP contribution is 2.26. The van der Waals surface area contributed by atoms with Gasteiger partial charge in [0.15, 0.2) is 17.3 Å². The average molecular weight is 340 g/mol. The molecule has 0 aliphatic carbocycles. The maximum atomic E-state index is 11.9. The van der Waals surface area contributed by atoms with Gasteiger partial charge in [-0.25, -0.2) is 0 Å². The maximum Gasteiger partial charge on any atom is 0.163 e. The Bertz CT molecular complexity index is 775. The average Bonchev–Trinajstić information content (AvgIpc) is 2.60. The SMILES string of the molecule is COc1cc(/C=C/C(=O)CC(=O)CCc2ccc(O)cc2)ccc1O. The highest BCUT2D eigenvalue weighted by Gasteiger charge is 2.08. The van der Waals surface area contributed by atoms with Crippen molar-refractivity contribution in [3.8, 4) is 17.2 Å². The van der Waals surface area contributed by atoms with Crippen LogP contribution in [0.3, 0.4) is 0 Å². The minimum Gasteiger partial charge on any atom is -0.508 e. The molecule has 0 amide bonds. The minimum absolute atomic E-state index is 0.0235. The largest absolute Gasteiger partial charge is 0.508 e. The zero-order chi connectivity index (χ0) is 18.2. The number of aryl methyl sites for hydroxylation is 1. The highest BCUT2D eigenvalue weighted by molar-refractivity contribution is 6.06. The fourth-order valence-electron chi connectivity index (χ4n) is 2.28. The van der Waals surface area contributed by atoms with Crippen LogP contribution in [0.5, 0.6) is 17.2 Å². The van der Waals surface area contributed by atoms with Crippen LogP contribution >= 0.6 is 0 Å². The second kappa shape index (κ2) is 8.68. The summed E-state index contributed by atoms with van der Waals surface area (Å²) in [6, 6.07) is 11.4. The molecule has 0 unspecified atom stereocenters. The Morgan fingerprint density at radius 3 is 2.48 bits per heavy atom. The van der Waals surface area contributed by atoms with Gasteiger partial charge in [0.1, 0.15) is 11.5 Å². The van der Waals surface area contributed by atoms with Gasteiger partial charge in [-0.3, -0.25) is 9.59 Å². The zero-order valence-electron chi connectivity index (χ0n) is 13.9. The summed E-state index contributed by atoms with van der Waals surface area (Å²) in [5.74, 6) is 0.116. The number of ketones is 2. The molecule has 2 aromatic rings. The van der Waals surface area contributed by atoms with Gasteiger partial charge in [-0.05, 0) is 47.9 Å². The summed E-state index contributed by atoms with van der Waals surface area (Å²) in [5.41, 5.74) is 1.63. The van der Waals surface area contributed by atoms with E-state index in [1.807, 2.05) is 0 Å². The Morgan fingerprint density at radius 2 is 1.80 bits per heavy atom. The molecule has 0 spiro atoms. The summed E-state index contributed by atoms with van der Waals surface area (Å²) in [4.78, 5) is 23.8. The Kier molecular flexibility index (Phi) is 6.34. The first-order valence-electron chi connectivity index (χ1n) is 7.85. The molecule has 25 heavy (non-hydrogen) atoms. The second-order valence-corrected chi connectivity index (χ2v) is 5.61. The lowest BCUT2D eigenvalue weighted by atomic mass is 10.0. The van der Waals surface area contributed by atoms with Crippen molar-refractivity contribution in [3.05, 3.63) is 59.7 Å². The van der Waals surface area contributed by atoms with E-state index in [9.17, 15) is 19.8 Å². The monoisotopic (exact) mass is 340 g/mol. The quantitative estimate of drug-likeness (QED) is 0.569. The second-order valence-electron chi connectivity index (χ2n) is 5.61. The Labute approximate surface area is 146 Å². The lowest BCUT2D eigenvalue weighted by Gasteiger charge is -2.03. The van der Waals surface area contributed by atoms with Crippen LogP contribution in [0.2, 0.25) is 0 Å². The molecular formula is C20H20O5. The molecule has 5 heteroatoms. The standard InChI is InChI=1S/C20H20O5/c1-25-20-12-15(6-11-19(20)24)5-10-18(23)13-17(22)9-4-14-2-7-16(21)8-3-14/h2-3,5-8,10-12,21,24H,4,9,13H2,1H3/b10-5+. The number of benzene rings is 2. The van der Waals surface area contributed by atoms with Gasteiger partial charge in [0.2, 0.25) is 0 Å². The molecular weight excluding hydrogens is 320 g/mol. The van der Waals surface area contributed by atoms with Crippen LogP contribution in [0.4, 0.5) is 0 Å². The van der Waals surface area contributed by atoms with E-state index in [4.69, 9.17) is 4.74 Å². The molecule has 0 saturated heterocycles. The van der Waals surface area contributed by atoms with Crippen molar-refractivity contribution < 1.29 is 24.5 Å². The number of phenols is 2. The smallest absolute Gasteiger partial charge is 0.163 e. The van der Waals surface area contributed by atoms with Crippen LogP contribution in [0.15, 0.2) is 48.5 Å². The van der Waals surface area contributed by atoms with Crippen molar-refractivity contribution in [2.75, 3.05) is 7.11 Å². The molecule has 0 aliphatic rings. The van der Waals surface area contributed by atoms with Gasteiger partial charge in [-0.1, -0.05) is 24.3 Å². The van der Waals surface area contributed by atoms with Crippen molar-refractivity contribution >= 4 is 17.6 Å². The van der Waals surface area contributed by atoms with Gasteiger partial charge >= 0.3 is 0 Å². The molecule has 0 atom stereocenters. The Hall–Kier alpha value is -3.08. The number of phenolic OH excluding ortho intramolecular Hbond substituents is 2. The molecule has 0 aromatic heterocycles. The van der Waals surface area contributed by atoms with Gasteiger partial charge in [-0.15, -0.1) is 0 Å². The van der Waals surface area contributed by atoms with Crippen LogP contribution in [-0.2, 0) is 16.0 Å². The third-order valence-electron chi connectivity index (χ3n) is 3.67. The molecule has 2 N–H and O–H groups in total.